The molecule has 0 aromatic rings. The lowest BCUT2D eigenvalue weighted by Crippen LogP contribution is -2.60. The predicted molar refractivity (Wildman–Crippen MR) is 83.6 cm³/mol. The second-order valence-electron chi connectivity index (χ2n) is 5.97. The molecule has 4 heteroatoms. The number of thioether (sulfide) groups is 1. The van der Waals surface area contributed by atoms with Gasteiger partial charge >= 0.3 is 0 Å². The van der Waals surface area contributed by atoms with Crippen molar-refractivity contribution in [2.75, 3.05) is 0 Å². The molecule has 0 bridgehead atoms. The zero-order valence-corrected chi connectivity index (χ0v) is 14.2. The monoisotopic (exact) mass is 381 g/mol. The number of fused-ring (bicyclic) bond motifs is 2. The summed E-state index contributed by atoms with van der Waals surface area (Å²) in [7, 11) is 0. The van der Waals surface area contributed by atoms with E-state index in [4.69, 9.17) is 0 Å². The molecule has 0 spiro atoms. The summed E-state index contributed by atoms with van der Waals surface area (Å²) in [6, 6.07) is 1.55. The summed E-state index contributed by atoms with van der Waals surface area (Å²) in [5, 5.41) is 5.67. The molecule has 1 nitrogen and oxygen atoms in total. The Balaban J connectivity index is 1.71. The molecule has 0 aromatic heterocycles. The number of halogens is 2. The molecule has 0 amide bonds. The van der Waals surface area contributed by atoms with Crippen LogP contribution in [-0.2, 0) is 0 Å². The van der Waals surface area contributed by atoms with Gasteiger partial charge in [-0.2, -0.15) is 11.8 Å². The molecule has 2 saturated carbocycles. The second-order valence-corrected chi connectivity index (χ2v) is 10.0. The fourth-order valence-electron chi connectivity index (χ4n) is 3.72. The standard InChI is InChI=1S/C13H21Br2NS/c1-7-4-9(15)6-12-13(7)16-10-3-2-8(14)5-11(10)17-12/h7-13,16H,2-6H2,1H3. The van der Waals surface area contributed by atoms with E-state index < -0.39 is 0 Å². The van der Waals surface area contributed by atoms with Crippen LogP contribution in [0.5, 0.6) is 0 Å². The Hall–Kier alpha value is 1.27. The van der Waals surface area contributed by atoms with E-state index in [2.05, 4.69) is 55.9 Å². The van der Waals surface area contributed by atoms with Crippen LogP contribution in [-0.4, -0.2) is 32.2 Å². The van der Waals surface area contributed by atoms with Crippen LogP contribution in [0.1, 0.15) is 39.0 Å². The summed E-state index contributed by atoms with van der Waals surface area (Å²) in [4.78, 5) is 1.50. The molecule has 0 aromatic carbocycles. The zero-order valence-electron chi connectivity index (χ0n) is 10.2. The molecule has 98 valence electrons. The van der Waals surface area contributed by atoms with E-state index >= 15 is 0 Å². The Kier molecular flexibility index (Phi) is 4.16. The van der Waals surface area contributed by atoms with Gasteiger partial charge < -0.3 is 5.32 Å². The van der Waals surface area contributed by atoms with Crippen molar-refractivity contribution < 1.29 is 0 Å². The van der Waals surface area contributed by atoms with Gasteiger partial charge in [0.2, 0.25) is 0 Å². The van der Waals surface area contributed by atoms with Crippen LogP contribution in [0.4, 0.5) is 0 Å². The normalized spacial score (nSPS) is 54.9. The lowest BCUT2D eigenvalue weighted by atomic mass is 9.83. The van der Waals surface area contributed by atoms with Crippen LogP contribution in [0.25, 0.3) is 0 Å². The van der Waals surface area contributed by atoms with Crippen molar-refractivity contribution in [1.29, 1.82) is 0 Å². The summed E-state index contributed by atoms with van der Waals surface area (Å²) in [6.45, 7) is 2.43. The lowest BCUT2D eigenvalue weighted by molar-refractivity contribution is 0.237. The molecule has 1 aliphatic heterocycles. The molecule has 1 N–H and O–H groups in total. The zero-order chi connectivity index (χ0) is 12.0. The van der Waals surface area contributed by atoms with Gasteiger partial charge in [-0.1, -0.05) is 38.8 Å². The van der Waals surface area contributed by atoms with Crippen molar-refractivity contribution in [3.8, 4) is 0 Å². The first-order valence-corrected chi connectivity index (χ1v) is 9.60. The third kappa shape index (κ3) is 2.75. The Morgan fingerprint density at radius 2 is 1.76 bits per heavy atom. The Bertz CT molecular complexity index is 289. The fraction of sp³-hybridized carbons (Fsp3) is 1.00. The van der Waals surface area contributed by atoms with E-state index in [0.717, 1.165) is 38.2 Å². The van der Waals surface area contributed by atoms with Gasteiger partial charge in [-0.3, -0.25) is 0 Å². The number of alkyl halides is 2. The lowest BCUT2D eigenvalue weighted by Gasteiger charge is -2.50. The maximum absolute atomic E-state index is 3.99. The summed E-state index contributed by atoms with van der Waals surface area (Å²) >= 11 is 9.94. The number of hydrogen-bond donors (Lipinski definition) is 1. The third-order valence-corrected chi connectivity index (χ3v) is 7.90. The average Bonchev–Trinajstić information content (AvgIpc) is 2.26. The van der Waals surface area contributed by atoms with Gasteiger partial charge in [0, 0.05) is 32.2 Å². The van der Waals surface area contributed by atoms with Gasteiger partial charge in [0.1, 0.15) is 0 Å². The smallest absolute Gasteiger partial charge is 0.0217 e. The fourth-order valence-corrected chi connectivity index (χ4v) is 7.93. The molecule has 3 rings (SSSR count). The van der Waals surface area contributed by atoms with Crippen LogP contribution in [0.15, 0.2) is 0 Å². The van der Waals surface area contributed by atoms with Crippen molar-refractivity contribution in [3.05, 3.63) is 0 Å². The minimum absolute atomic E-state index is 0.743. The molecule has 3 aliphatic rings. The first-order valence-electron chi connectivity index (χ1n) is 6.83. The predicted octanol–water partition coefficient (Wildman–Crippen LogP) is 3.94. The summed E-state index contributed by atoms with van der Waals surface area (Å²) in [5.41, 5.74) is 0. The van der Waals surface area contributed by atoms with Crippen molar-refractivity contribution in [3.63, 3.8) is 0 Å². The van der Waals surface area contributed by atoms with Crippen LogP contribution < -0.4 is 5.32 Å². The summed E-state index contributed by atoms with van der Waals surface area (Å²) in [5.74, 6) is 0.827. The van der Waals surface area contributed by atoms with Crippen LogP contribution in [0.3, 0.4) is 0 Å². The molecule has 0 radical (unpaired) electrons. The van der Waals surface area contributed by atoms with Gasteiger partial charge in [-0.25, -0.2) is 0 Å². The Morgan fingerprint density at radius 3 is 2.59 bits per heavy atom. The number of rotatable bonds is 0. The minimum Gasteiger partial charge on any atom is -0.309 e. The van der Waals surface area contributed by atoms with Gasteiger partial charge in [0.05, 0.1) is 0 Å². The molecule has 2 aliphatic carbocycles. The molecule has 3 fully saturated rings. The first kappa shape index (κ1) is 13.3. The highest BCUT2D eigenvalue weighted by atomic mass is 79.9. The van der Waals surface area contributed by atoms with Crippen LogP contribution in [0, 0.1) is 5.92 Å². The highest BCUT2D eigenvalue weighted by Crippen LogP contribution is 2.45. The SMILES string of the molecule is CC1CC(Br)CC2SC3CC(Br)CCC3NC12. The average molecular weight is 383 g/mol. The molecular formula is C13H21Br2NS. The quantitative estimate of drug-likeness (QED) is 0.637. The van der Waals surface area contributed by atoms with Crippen LogP contribution >= 0.6 is 43.6 Å². The second kappa shape index (κ2) is 5.34. The molecule has 7 unspecified atom stereocenters. The highest BCUT2D eigenvalue weighted by Gasteiger charge is 2.44. The third-order valence-electron chi connectivity index (χ3n) is 4.61. The van der Waals surface area contributed by atoms with Crippen molar-refractivity contribution in [1.82, 2.24) is 5.32 Å². The number of hydrogen-bond acceptors (Lipinski definition) is 2. The Labute approximate surface area is 126 Å². The summed E-state index contributed by atoms with van der Waals surface area (Å²) in [6.07, 6.45) is 6.76. The van der Waals surface area contributed by atoms with E-state index in [1.54, 1.807) is 0 Å². The van der Waals surface area contributed by atoms with Gasteiger partial charge in [0.25, 0.3) is 0 Å². The van der Waals surface area contributed by atoms with Gasteiger partial charge in [0.15, 0.2) is 0 Å². The first-order chi connectivity index (χ1) is 8.13. The molecule has 7 atom stereocenters. The van der Waals surface area contributed by atoms with E-state index in [9.17, 15) is 0 Å². The van der Waals surface area contributed by atoms with E-state index in [-0.39, 0.29) is 0 Å². The van der Waals surface area contributed by atoms with E-state index in [1.165, 1.54) is 32.1 Å². The van der Waals surface area contributed by atoms with Crippen molar-refractivity contribution >= 4 is 43.6 Å². The van der Waals surface area contributed by atoms with Crippen molar-refractivity contribution in [2.24, 2.45) is 5.92 Å². The molecular weight excluding hydrogens is 362 g/mol. The largest absolute Gasteiger partial charge is 0.309 e. The van der Waals surface area contributed by atoms with Gasteiger partial charge in [-0.15, -0.1) is 0 Å². The minimum atomic E-state index is 0.743. The van der Waals surface area contributed by atoms with Crippen LogP contribution in [0.2, 0.25) is 0 Å². The van der Waals surface area contributed by atoms with E-state index in [0.29, 0.717) is 0 Å². The Morgan fingerprint density at radius 1 is 1.00 bits per heavy atom. The number of nitrogens with one attached hydrogen (secondary N) is 1. The maximum atomic E-state index is 3.99. The topological polar surface area (TPSA) is 12.0 Å². The highest BCUT2D eigenvalue weighted by molar-refractivity contribution is 9.09. The maximum Gasteiger partial charge on any atom is 0.0217 e. The molecule has 1 heterocycles. The van der Waals surface area contributed by atoms with Gasteiger partial charge in [-0.05, 0) is 38.0 Å². The van der Waals surface area contributed by atoms with E-state index in [1.807, 2.05) is 0 Å². The molecule has 17 heavy (non-hydrogen) atoms. The molecule has 1 saturated heterocycles. The summed E-state index contributed by atoms with van der Waals surface area (Å²) < 4.78 is 0. The van der Waals surface area contributed by atoms with Crippen molar-refractivity contribution in [2.45, 2.75) is 71.3 Å².